The van der Waals surface area contributed by atoms with Gasteiger partial charge in [-0.2, -0.15) is 0 Å². The molecule has 0 unspecified atom stereocenters. The summed E-state index contributed by atoms with van der Waals surface area (Å²) < 4.78 is 5.50. The molecule has 24 heavy (non-hydrogen) atoms. The van der Waals surface area contributed by atoms with Crippen LogP contribution in [0.4, 0.5) is 0 Å². The van der Waals surface area contributed by atoms with Gasteiger partial charge in [0.25, 0.3) is 0 Å². The largest absolute Gasteiger partial charge is 0.465 e. The summed E-state index contributed by atoms with van der Waals surface area (Å²) in [7, 11) is 0. The number of hydrogen-bond acceptors (Lipinski definition) is 2. The molecular formula is C22H44O2. The number of rotatable bonds is 18. The Morgan fingerprint density at radius 3 is 1.58 bits per heavy atom. The van der Waals surface area contributed by atoms with Crippen LogP contribution in [0.25, 0.3) is 0 Å². The van der Waals surface area contributed by atoms with Gasteiger partial charge in [0.1, 0.15) is 0 Å². The highest BCUT2D eigenvalue weighted by molar-refractivity contribution is 5.69. The lowest BCUT2D eigenvalue weighted by Crippen LogP contribution is -2.14. The van der Waals surface area contributed by atoms with Crippen LogP contribution in [0.15, 0.2) is 0 Å². The molecule has 0 amide bonds. The summed E-state index contributed by atoms with van der Waals surface area (Å²) in [5, 5.41) is 0. The average molecular weight is 341 g/mol. The Morgan fingerprint density at radius 1 is 0.667 bits per heavy atom. The molecule has 0 aromatic carbocycles. The maximum atomic E-state index is 11.6. The summed E-state index contributed by atoms with van der Waals surface area (Å²) in [5.74, 6) is 0.580. The maximum Gasteiger partial charge on any atom is 0.305 e. The van der Waals surface area contributed by atoms with E-state index in [0.717, 1.165) is 6.42 Å². The van der Waals surface area contributed by atoms with Crippen LogP contribution in [0.1, 0.15) is 124 Å². The number of unbranched alkanes of at least 4 members (excludes halogenated alkanes) is 10. The van der Waals surface area contributed by atoms with Gasteiger partial charge >= 0.3 is 5.97 Å². The Kier molecular flexibility index (Phi) is 18.4. The first-order valence-corrected chi connectivity index (χ1v) is 10.9. The fraction of sp³-hybridized carbons (Fsp3) is 0.955. The van der Waals surface area contributed by atoms with Crippen molar-refractivity contribution in [2.24, 2.45) is 5.92 Å². The Morgan fingerprint density at radius 2 is 1.12 bits per heavy atom. The molecule has 0 fully saturated rings. The van der Waals surface area contributed by atoms with Crippen molar-refractivity contribution in [2.45, 2.75) is 124 Å². The van der Waals surface area contributed by atoms with Gasteiger partial charge in [-0.25, -0.2) is 0 Å². The minimum atomic E-state index is -0.00612. The van der Waals surface area contributed by atoms with Gasteiger partial charge in [-0.3, -0.25) is 4.79 Å². The third-order valence-electron chi connectivity index (χ3n) is 4.87. The molecule has 0 bridgehead atoms. The molecule has 0 radical (unpaired) electrons. The zero-order valence-corrected chi connectivity index (χ0v) is 16.9. The molecule has 0 N–H and O–H groups in total. The van der Waals surface area contributed by atoms with Crippen LogP contribution in [0.5, 0.6) is 0 Å². The van der Waals surface area contributed by atoms with Crippen molar-refractivity contribution in [3.05, 3.63) is 0 Å². The molecule has 2 nitrogen and oxygen atoms in total. The fourth-order valence-electron chi connectivity index (χ4n) is 3.22. The molecule has 0 spiro atoms. The highest BCUT2D eigenvalue weighted by Gasteiger charge is 2.11. The molecular weight excluding hydrogens is 296 g/mol. The van der Waals surface area contributed by atoms with Crippen molar-refractivity contribution in [3.63, 3.8) is 0 Å². The van der Waals surface area contributed by atoms with E-state index in [-0.39, 0.29) is 5.97 Å². The Hall–Kier alpha value is -0.530. The van der Waals surface area contributed by atoms with E-state index in [4.69, 9.17) is 4.74 Å². The van der Waals surface area contributed by atoms with E-state index in [1.807, 2.05) is 6.92 Å². The predicted molar refractivity (Wildman–Crippen MR) is 105 cm³/mol. The average Bonchev–Trinajstić information content (AvgIpc) is 2.58. The van der Waals surface area contributed by atoms with Gasteiger partial charge in [-0.15, -0.1) is 0 Å². The second-order valence-corrected chi connectivity index (χ2v) is 7.41. The third-order valence-corrected chi connectivity index (χ3v) is 4.87. The molecule has 2 heteroatoms. The van der Waals surface area contributed by atoms with Gasteiger partial charge < -0.3 is 4.74 Å². The summed E-state index contributed by atoms with van der Waals surface area (Å²) in [4.78, 5) is 11.6. The van der Waals surface area contributed by atoms with Crippen molar-refractivity contribution in [1.82, 2.24) is 0 Å². The maximum absolute atomic E-state index is 11.6. The quantitative estimate of drug-likeness (QED) is 0.191. The Balaban J connectivity index is 3.88. The topological polar surface area (TPSA) is 26.3 Å². The molecule has 0 saturated carbocycles. The van der Waals surface area contributed by atoms with Crippen molar-refractivity contribution in [3.8, 4) is 0 Å². The van der Waals surface area contributed by atoms with E-state index in [0.29, 0.717) is 18.9 Å². The lowest BCUT2D eigenvalue weighted by molar-refractivity contribution is -0.145. The molecule has 0 aliphatic heterocycles. The van der Waals surface area contributed by atoms with Gasteiger partial charge in [-0.1, -0.05) is 97.8 Å². The smallest absolute Gasteiger partial charge is 0.305 e. The number of carbonyl (C=O) groups excluding carboxylic acids is 1. The first-order valence-electron chi connectivity index (χ1n) is 10.9. The van der Waals surface area contributed by atoms with Crippen LogP contribution in [0.2, 0.25) is 0 Å². The van der Waals surface area contributed by atoms with Gasteiger partial charge in [0, 0.05) is 6.42 Å². The van der Waals surface area contributed by atoms with E-state index in [1.54, 1.807) is 0 Å². The number of hydrogen-bond donors (Lipinski definition) is 0. The predicted octanol–water partition coefficient (Wildman–Crippen LogP) is 7.45. The molecule has 0 heterocycles. The molecule has 144 valence electrons. The molecule has 0 aliphatic rings. The zero-order chi connectivity index (χ0) is 17.9. The van der Waals surface area contributed by atoms with Crippen LogP contribution in [0, 0.1) is 5.92 Å². The second kappa shape index (κ2) is 18.8. The number of esters is 1. The third kappa shape index (κ3) is 16.3. The standard InChI is InChI=1S/C22H44O2/c1-4-7-9-11-13-15-18-21(20-24-22(23)17-6-3)19-16-14-12-10-8-5-2/h21H,4-20H2,1-3H3. The van der Waals surface area contributed by atoms with Crippen LogP contribution in [-0.2, 0) is 9.53 Å². The van der Waals surface area contributed by atoms with E-state index < -0.39 is 0 Å². The minimum Gasteiger partial charge on any atom is -0.465 e. The SMILES string of the molecule is CCCCCCCCC(CCCCCCCC)COC(=O)CCC. The molecule has 0 aromatic heterocycles. The fourth-order valence-corrected chi connectivity index (χ4v) is 3.22. The van der Waals surface area contributed by atoms with Crippen LogP contribution in [0.3, 0.4) is 0 Å². The Labute approximate surface area is 152 Å². The molecule has 0 aliphatic carbocycles. The minimum absolute atomic E-state index is 0.00612. The van der Waals surface area contributed by atoms with Crippen molar-refractivity contribution >= 4 is 5.97 Å². The number of carbonyl (C=O) groups is 1. The number of ether oxygens (including phenoxy) is 1. The molecule has 0 atom stereocenters. The molecule has 0 rings (SSSR count). The van der Waals surface area contributed by atoms with Crippen LogP contribution < -0.4 is 0 Å². The van der Waals surface area contributed by atoms with Crippen molar-refractivity contribution < 1.29 is 9.53 Å². The van der Waals surface area contributed by atoms with Crippen molar-refractivity contribution in [1.29, 1.82) is 0 Å². The van der Waals surface area contributed by atoms with Gasteiger partial charge in [0.05, 0.1) is 6.61 Å². The van der Waals surface area contributed by atoms with Gasteiger partial charge in [0.15, 0.2) is 0 Å². The lowest BCUT2D eigenvalue weighted by atomic mass is 9.94. The summed E-state index contributed by atoms with van der Waals surface area (Å²) in [6.07, 6.45) is 20.1. The van der Waals surface area contributed by atoms with E-state index in [1.165, 1.54) is 89.9 Å². The monoisotopic (exact) mass is 340 g/mol. The van der Waals surface area contributed by atoms with E-state index >= 15 is 0 Å². The van der Waals surface area contributed by atoms with E-state index in [2.05, 4.69) is 13.8 Å². The van der Waals surface area contributed by atoms with Gasteiger partial charge in [-0.05, 0) is 25.2 Å². The first kappa shape index (κ1) is 23.5. The molecule has 0 saturated heterocycles. The van der Waals surface area contributed by atoms with Crippen molar-refractivity contribution in [2.75, 3.05) is 6.61 Å². The summed E-state index contributed by atoms with van der Waals surface area (Å²) >= 11 is 0. The Bertz CT molecular complexity index is 247. The lowest BCUT2D eigenvalue weighted by Gasteiger charge is -2.17. The normalized spacial score (nSPS) is 11.2. The summed E-state index contributed by atoms with van der Waals surface area (Å²) in [5.41, 5.74) is 0. The molecule has 0 aromatic rings. The van der Waals surface area contributed by atoms with E-state index in [9.17, 15) is 4.79 Å². The highest BCUT2D eigenvalue weighted by Crippen LogP contribution is 2.20. The van der Waals surface area contributed by atoms with Crippen LogP contribution in [-0.4, -0.2) is 12.6 Å². The first-order chi connectivity index (χ1) is 11.7. The second-order valence-electron chi connectivity index (χ2n) is 7.41. The zero-order valence-electron chi connectivity index (χ0n) is 16.9. The van der Waals surface area contributed by atoms with Gasteiger partial charge in [0.2, 0.25) is 0 Å². The summed E-state index contributed by atoms with van der Waals surface area (Å²) in [6.45, 7) is 7.22. The van der Waals surface area contributed by atoms with Crippen LogP contribution >= 0.6 is 0 Å². The highest BCUT2D eigenvalue weighted by atomic mass is 16.5. The summed E-state index contributed by atoms with van der Waals surface area (Å²) in [6, 6.07) is 0.